The number of aromatic nitrogens is 2. The number of halogens is 1. The number of anilines is 2. The molecule has 3 aromatic rings. The zero-order valence-corrected chi connectivity index (χ0v) is 21.6. The van der Waals surface area contributed by atoms with Gasteiger partial charge in [-0.25, -0.2) is 9.78 Å². The summed E-state index contributed by atoms with van der Waals surface area (Å²) in [5, 5.41) is 6.44. The molecule has 0 saturated carbocycles. The Balaban J connectivity index is 1.60. The van der Waals surface area contributed by atoms with Crippen molar-refractivity contribution in [2.45, 2.75) is 31.8 Å². The minimum atomic E-state index is -0.964. The van der Waals surface area contributed by atoms with Gasteiger partial charge >= 0.3 is 6.03 Å². The van der Waals surface area contributed by atoms with Crippen molar-refractivity contribution < 1.29 is 14.4 Å². The first-order valence-electron chi connectivity index (χ1n) is 12.0. The Morgan fingerprint density at radius 3 is 2.57 bits per heavy atom. The van der Waals surface area contributed by atoms with Gasteiger partial charge in [0, 0.05) is 43.4 Å². The van der Waals surface area contributed by atoms with E-state index >= 15 is 0 Å². The van der Waals surface area contributed by atoms with Gasteiger partial charge in [0.15, 0.2) is 0 Å². The maximum atomic E-state index is 13.7. The van der Waals surface area contributed by atoms with Crippen molar-refractivity contribution in [1.82, 2.24) is 20.2 Å². The summed E-state index contributed by atoms with van der Waals surface area (Å²) < 4.78 is 0. The molecule has 9 nitrogen and oxygen atoms in total. The monoisotopic (exact) mass is 520 g/mol. The lowest BCUT2D eigenvalue weighted by molar-refractivity contribution is -0.156. The van der Waals surface area contributed by atoms with Gasteiger partial charge < -0.3 is 15.5 Å². The Morgan fingerprint density at radius 2 is 1.89 bits per heavy atom. The molecule has 1 unspecified atom stereocenters. The fourth-order valence-corrected chi connectivity index (χ4v) is 4.70. The molecule has 1 fully saturated rings. The number of nitrogens with zero attached hydrogens (tertiary/aromatic N) is 4. The highest BCUT2D eigenvalue weighted by Gasteiger charge is 2.55. The van der Waals surface area contributed by atoms with Gasteiger partial charge in [0.2, 0.25) is 5.91 Å². The molecule has 0 bridgehead atoms. The summed E-state index contributed by atoms with van der Waals surface area (Å²) in [7, 11) is 3.38. The van der Waals surface area contributed by atoms with Gasteiger partial charge in [-0.3, -0.25) is 19.5 Å². The SMILES string of the molecule is CC[C@@H](NC(=O)N1C(=O)C(Cc2ccnc(NC)c2)[C@H]1C(=O)N(C)c1ccncc1)c1cccc(Cl)c1. The third-order valence-electron chi connectivity index (χ3n) is 6.56. The topological polar surface area (TPSA) is 108 Å². The van der Waals surface area contributed by atoms with Crippen LogP contribution in [-0.2, 0) is 16.0 Å². The largest absolute Gasteiger partial charge is 0.373 e. The van der Waals surface area contributed by atoms with Crippen LogP contribution in [0.1, 0.15) is 30.5 Å². The Morgan fingerprint density at radius 1 is 1.14 bits per heavy atom. The van der Waals surface area contributed by atoms with Crippen LogP contribution < -0.4 is 15.5 Å². The van der Waals surface area contributed by atoms with Crippen LogP contribution in [0, 0.1) is 5.92 Å². The van der Waals surface area contributed by atoms with Crippen LogP contribution in [0.5, 0.6) is 0 Å². The minimum absolute atomic E-state index is 0.298. The summed E-state index contributed by atoms with van der Waals surface area (Å²) in [5.41, 5.74) is 2.28. The van der Waals surface area contributed by atoms with Gasteiger partial charge in [-0.2, -0.15) is 0 Å². The van der Waals surface area contributed by atoms with Crippen LogP contribution in [0.15, 0.2) is 67.1 Å². The zero-order chi connectivity index (χ0) is 26.5. The summed E-state index contributed by atoms with van der Waals surface area (Å²) in [4.78, 5) is 51.1. The van der Waals surface area contributed by atoms with Crippen molar-refractivity contribution in [3.63, 3.8) is 0 Å². The molecular weight excluding hydrogens is 492 g/mol. The van der Waals surface area contributed by atoms with E-state index in [0.29, 0.717) is 29.4 Å². The van der Waals surface area contributed by atoms with E-state index in [1.165, 1.54) is 4.90 Å². The van der Waals surface area contributed by atoms with Crippen molar-refractivity contribution >= 4 is 41.0 Å². The summed E-state index contributed by atoms with van der Waals surface area (Å²) >= 11 is 6.14. The molecule has 4 amide bonds. The Hall–Kier alpha value is -3.98. The number of hydrogen-bond donors (Lipinski definition) is 2. The van der Waals surface area contributed by atoms with Gasteiger partial charge in [-0.1, -0.05) is 30.7 Å². The van der Waals surface area contributed by atoms with Gasteiger partial charge in [0.1, 0.15) is 11.9 Å². The number of rotatable bonds is 8. The Kier molecular flexibility index (Phi) is 8.03. The van der Waals surface area contributed by atoms with Crippen molar-refractivity contribution in [3.05, 3.63) is 83.3 Å². The first-order chi connectivity index (χ1) is 17.8. The summed E-state index contributed by atoms with van der Waals surface area (Å²) in [5.74, 6) is -0.795. The highest BCUT2D eigenvalue weighted by molar-refractivity contribution is 6.30. The normalized spacial score (nSPS) is 17.5. The van der Waals surface area contributed by atoms with Gasteiger partial charge in [-0.15, -0.1) is 0 Å². The van der Waals surface area contributed by atoms with Gasteiger partial charge in [0.25, 0.3) is 5.91 Å². The first kappa shape index (κ1) is 26.1. The average molecular weight is 521 g/mol. The van der Waals surface area contributed by atoms with Crippen LogP contribution in [0.3, 0.4) is 0 Å². The molecule has 0 radical (unpaired) electrons. The number of β-lactam (4-membered cyclic amide) rings is 1. The number of pyridine rings is 2. The molecular formula is C27H29ClN6O3. The smallest absolute Gasteiger partial charge is 0.325 e. The number of likely N-dealkylation sites (N-methyl/N-ethyl adjacent to an activating group) is 1. The Bertz CT molecular complexity index is 1290. The number of benzene rings is 1. The maximum Gasteiger partial charge on any atom is 0.325 e. The van der Waals surface area contributed by atoms with E-state index in [9.17, 15) is 14.4 Å². The third-order valence-corrected chi connectivity index (χ3v) is 6.79. The van der Waals surface area contributed by atoms with E-state index in [4.69, 9.17) is 11.6 Å². The van der Waals surface area contributed by atoms with Crippen LogP contribution in [-0.4, -0.2) is 52.9 Å². The van der Waals surface area contributed by atoms with Crippen molar-refractivity contribution in [2.24, 2.45) is 5.92 Å². The van der Waals surface area contributed by atoms with Crippen molar-refractivity contribution in [1.29, 1.82) is 0 Å². The maximum absolute atomic E-state index is 13.7. The fraction of sp³-hybridized carbons (Fsp3) is 0.296. The van der Waals surface area contributed by atoms with E-state index in [0.717, 1.165) is 16.0 Å². The molecule has 10 heteroatoms. The van der Waals surface area contributed by atoms with Crippen molar-refractivity contribution in [3.8, 4) is 0 Å². The van der Waals surface area contributed by atoms with Gasteiger partial charge in [0.05, 0.1) is 12.0 Å². The number of amides is 4. The molecule has 2 aromatic heterocycles. The van der Waals surface area contributed by atoms with Crippen LogP contribution in [0.4, 0.5) is 16.3 Å². The standard InChI is InChI=1S/C27H29ClN6O3/c1-4-22(18-6-5-7-19(28)16-18)32-27(37)34-24(26(36)33(3)20-9-11-30-12-10-20)21(25(34)35)14-17-8-13-31-23(15-17)29-2/h5-13,15-16,21-22,24H,4,14H2,1-3H3,(H,29,31)(H,32,37)/t21?,22-,24+/m1/s1. The molecule has 1 saturated heterocycles. The van der Waals surface area contributed by atoms with E-state index in [2.05, 4.69) is 20.6 Å². The van der Waals surface area contributed by atoms with E-state index in [-0.39, 0.29) is 11.9 Å². The predicted octanol–water partition coefficient (Wildman–Crippen LogP) is 4.07. The molecule has 2 N–H and O–H groups in total. The second-order valence-corrected chi connectivity index (χ2v) is 9.27. The number of urea groups is 1. The summed E-state index contributed by atoms with van der Waals surface area (Å²) in [6.45, 7) is 1.93. The molecule has 0 spiro atoms. The molecule has 1 aliphatic heterocycles. The molecule has 37 heavy (non-hydrogen) atoms. The average Bonchev–Trinajstić information content (AvgIpc) is 2.92. The number of likely N-dealkylation sites (tertiary alicyclic amines) is 1. The molecule has 192 valence electrons. The Labute approximate surface area is 220 Å². The highest BCUT2D eigenvalue weighted by Crippen LogP contribution is 2.33. The quantitative estimate of drug-likeness (QED) is 0.434. The van der Waals surface area contributed by atoms with E-state index in [1.54, 1.807) is 69.1 Å². The number of hydrogen-bond acceptors (Lipinski definition) is 6. The van der Waals surface area contributed by atoms with Crippen LogP contribution in [0.25, 0.3) is 0 Å². The molecule has 3 heterocycles. The highest BCUT2D eigenvalue weighted by atomic mass is 35.5. The lowest BCUT2D eigenvalue weighted by Gasteiger charge is -2.46. The zero-order valence-electron chi connectivity index (χ0n) is 20.9. The van der Waals surface area contributed by atoms with E-state index < -0.39 is 23.9 Å². The molecule has 0 aliphatic carbocycles. The first-order valence-corrected chi connectivity index (χ1v) is 12.4. The fourth-order valence-electron chi connectivity index (χ4n) is 4.50. The molecule has 4 rings (SSSR count). The second kappa shape index (κ2) is 11.4. The van der Waals surface area contributed by atoms with Crippen LogP contribution >= 0.6 is 11.6 Å². The molecule has 1 aliphatic rings. The van der Waals surface area contributed by atoms with Gasteiger partial charge in [-0.05, 0) is 60.4 Å². The number of carbonyl (C=O) groups is 3. The number of carbonyl (C=O) groups excluding carboxylic acids is 3. The van der Waals surface area contributed by atoms with Crippen LogP contribution in [0.2, 0.25) is 5.02 Å². The molecule has 3 atom stereocenters. The summed E-state index contributed by atoms with van der Waals surface area (Å²) in [6, 6.07) is 12.3. The number of nitrogens with one attached hydrogen (secondary N) is 2. The molecule has 1 aromatic carbocycles. The second-order valence-electron chi connectivity index (χ2n) is 8.83. The lowest BCUT2D eigenvalue weighted by Crippen LogP contribution is -2.70. The van der Waals surface area contributed by atoms with E-state index in [1.807, 2.05) is 19.1 Å². The van der Waals surface area contributed by atoms with Crippen molar-refractivity contribution in [2.75, 3.05) is 24.3 Å². The minimum Gasteiger partial charge on any atom is -0.373 e. The lowest BCUT2D eigenvalue weighted by atomic mass is 9.81. The summed E-state index contributed by atoms with van der Waals surface area (Å²) in [6.07, 6.45) is 5.69. The number of imide groups is 1. The third kappa shape index (κ3) is 5.56. The predicted molar refractivity (Wildman–Crippen MR) is 142 cm³/mol.